The molecule has 0 aliphatic rings. The van der Waals surface area contributed by atoms with Crippen molar-refractivity contribution < 1.29 is 19.1 Å². The maximum absolute atomic E-state index is 12.4. The SMILES string of the molecule is CC[C@@H](C)c1ccccc1NC(=O)[C@H](C)OC(=O)COc1ccc(C#N)cc1. The third kappa shape index (κ3) is 5.85. The summed E-state index contributed by atoms with van der Waals surface area (Å²) in [5.74, 6) is -0.310. The number of hydrogen-bond donors (Lipinski definition) is 1. The molecule has 0 bridgehead atoms. The molecular weight excluding hydrogens is 356 g/mol. The first kappa shape index (κ1) is 21.0. The normalized spacial score (nSPS) is 12.4. The number of carbonyl (C=O) groups excluding carboxylic acids is 2. The van der Waals surface area contributed by atoms with Gasteiger partial charge in [-0.15, -0.1) is 0 Å². The molecule has 0 saturated carbocycles. The highest BCUT2D eigenvalue weighted by Crippen LogP contribution is 2.26. The van der Waals surface area contributed by atoms with Crippen molar-refractivity contribution in [3.63, 3.8) is 0 Å². The molecular formula is C22H24N2O4. The van der Waals surface area contributed by atoms with Crippen molar-refractivity contribution in [3.8, 4) is 11.8 Å². The molecule has 6 nitrogen and oxygen atoms in total. The van der Waals surface area contributed by atoms with Crippen LogP contribution in [0.4, 0.5) is 5.69 Å². The minimum absolute atomic E-state index is 0.301. The molecule has 0 spiro atoms. The molecule has 2 aromatic rings. The second kappa shape index (κ2) is 10.1. The number of para-hydroxylation sites is 1. The first-order valence-corrected chi connectivity index (χ1v) is 9.16. The topological polar surface area (TPSA) is 88.4 Å². The highest BCUT2D eigenvalue weighted by Gasteiger charge is 2.20. The second-order valence-electron chi connectivity index (χ2n) is 6.44. The summed E-state index contributed by atoms with van der Waals surface area (Å²) in [6.45, 7) is 5.37. The van der Waals surface area contributed by atoms with Crippen LogP contribution in [-0.2, 0) is 14.3 Å². The summed E-state index contributed by atoms with van der Waals surface area (Å²) in [6, 6.07) is 16.0. The Morgan fingerprint density at radius 1 is 1.11 bits per heavy atom. The number of carbonyl (C=O) groups is 2. The molecule has 0 unspecified atom stereocenters. The summed E-state index contributed by atoms with van der Waals surface area (Å²) in [7, 11) is 0. The molecule has 0 aromatic heterocycles. The van der Waals surface area contributed by atoms with Crippen LogP contribution in [-0.4, -0.2) is 24.6 Å². The zero-order valence-electron chi connectivity index (χ0n) is 16.3. The van der Waals surface area contributed by atoms with E-state index in [1.807, 2.05) is 30.3 Å². The predicted octanol–water partition coefficient (Wildman–Crippen LogP) is 4.02. The molecule has 0 aliphatic heterocycles. The largest absolute Gasteiger partial charge is 0.482 e. The minimum atomic E-state index is -0.956. The number of esters is 1. The van der Waals surface area contributed by atoms with Gasteiger partial charge in [0.2, 0.25) is 0 Å². The molecule has 0 heterocycles. The molecule has 1 N–H and O–H groups in total. The van der Waals surface area contributed by atoms with Gasteiger partial charge < -0.3 is 14.8 Å². The van der Waals surface area contributed by atoms with Crippen LogP contribution in [0.3, 0.4) is 0 Å². The van der Waals surface area contributed by atoms with Gasteiger partial charge in [0.05, 0.1) is 11.6 Å². The third-order valence-corrected chi connectivity index (χ3v) is 4.38. The maximum Gasteiger partial charge on any atom is 0.344 e. The lowest BCUT2D eigenvalue weighted by atomic mass is 9.97. The summed E-state index contributed by atoms with van der Waals surface area (Å²) in [4.78, 5) is 24.3. The average Bonchev–Trinajstić information content (AvgIpc) is 2.72. The Morgan fingerprint density at radius 2 is 1.79 bits per heavy atom. The zero-order chi connectivity index (χ0) is 20.5. The van der Waals surface area contributed by atoms with E-state index in [4.69, 9.17) is 14.7 Å². The fraction of sp³-hybridized carbons (Fsp3) is 0.318. The fourth-order valence-corrected chi connectivity index (χ4v) is 2.55. The first-order valence-electron chi connectivity index (χ1n) is 9.16. The number of amides is 1. The number of nitrogens with one attached hydrogen (secondary N) is 1. The number of ether oxygens (including phenoxy) is 2. The van der Waals surface area contributed by atoms with Gasteiger partial charge in [0.15, 0.2) is 12.7 Å². The maximum atomic E-state index is 12.4. The number of nitriles is 1. The van der Waals surface area contributed by atoms with Crippen molar-refractivity contribution in [1.82, 2.24) is 0 Å². The second-order valence-corrected chi connectivity index (χ2v) is 6.44. The van der Waals surface area contributed by atoms with Gasteiger partial charge in [0.25, 0.3) is 5.91 Å². The van der Waals surface area contributed by atoms with Gasteiger partial charge in [-0.3, -0.25) is 4.79 Å². The molecule has 2 aromatic carbocycles. The molecule has 2 rings (SSSR count). The van der Waals surface area contributed by atoms with Crippen LogP contribution in [0.1, 0.15) is 44.2 Å². The zero-order valence-corrected chi connectivity index (χ0v) is 16.3. The highest BCUT2D eigenvalue weighted by molar-refractivity contribution is 5.95. The van der Waals surface area contributed by atoms with E-state index in [1.165, 1.54) is 6.92 Å². The molecule has 1 amide bonds. The van der Waals surface area contributed by atoms with Gasteiger partial charge in [-0.25, -0.2) is 4.79 Å². The Labute approximate surface area is 165 Å². The van der Waals surface area contributed by atoms with Crippen molar-refractivity contribution in [2.24, 2.45) is 0 Å². The van der Waals surface area contributed by atoms with Crippen LogP contribution in [0.15, 0.2) is 48.5 Å². The summed E-state index contributed by atoms with van der Waals surface area (Å²) >= 11 is 0. The van der Waals surface area contributed by atoms with Crippen molar-refractivity contribution >= 4 is 17.6 Å². The molecule has 0 saturated heterocycles. The Hall–Kier alpha value is -3.33. The minimum Gasteiger partial charge on any atom is -0.482 e. The van der Waals surface area contributed by atoms with Gasteiger partial charge >= 0.3 is 5.97 Å². The Kier molecular flexibility index (Phi) is 7.58. The molecule has 2 atom stereocenters. The number of nitrogens with zero attached hydrogens (tertiary/aromatic N) is 1. The molecule has 6 heteroatoms. The van der Waals surface area contributed by atoms with Gasteiger partial charge in [0.1, 0.15) is 5.75 Å². The lowest BCUT2D eigenvalue weighted by molar-refractivity contribution is -0.155. The summed E-state index contributed by atoms with van der Waals surface area (Å²) in [6.07, 6.45) is -0.00791. The lowest BCUT2D eigenvalue weighted by Gasteiger charge is -2.18. The number of anilines is 1. The van der Waals surface area contributed by atoms with E-state index in [9.17, 15) is 9.59 Å². The lowest BCUT2D eigenvalue weighted by Crippen LogP contribution is -2.32. The van der Waals surface area contributed by atoms with Crippen LogP contribution in [0, 0.1) is 11.3 Å². The van der Waals surface area contributed by atoms with Crippen LogP contribution in [0.25, 0.3) is 0 Å². The molecule has 0 aliphatic carbocycles. The van der Waals surface area contributed by atoms with Crippen LogP contribution < -0.4 is 10.1 Å². The number of hydrogen-bond acceptors (Lipinski definition) is 5. The monoisotopic (exact) mass is 380 g/mol. The molecule has 28 heavy (non-hydrogen) atoms. The van der Waals surface area contributed by atoms with E-state index < -0.39 is 18.0 Å². The van der Waals surface area contributed by atoms with Crippen LogP contribution >= 0.6 is 0 Å². The highest BCUT2D eigenvalue weighted by atomic mass is 16.6. The van der Waals surface area contributed by atoms with E-state index in [1.54, 1.807) is 24.3 Å². The van der Waals surface area contributed by atoms with E-state index in [0.29, 0.717) is 17.2 Å². The Morgan fingerprint density at radius 3 is 2.43 bits per heavy atom. The Balaban J connectivity index is 1.88. The first-order chi connectivity index (χ1) is 13.4. The van der Waals surface area contributed by atoms with Gasteiger partial charge in [-0.05, 0) is 55.2 Å². The van der Waals surface area contributed by atoms with Crippen molar-refractivity contribution in [2.75, 3.05) is 11.9 Å². The molecule has 0 radical (unpaired) electrons. The third-order valence-electron chi connectivity index (χ3n) is 4.38. The van der Waals surface area contributed by atoms with Crippen molar-refractivity contribution in [3.05, 3.63) is 59.7 Å². The van der Waals surface area contributed by atoms with Gasteiger partial charge in [0, 0.05) is 5.69 Å². The predicted molar refractivity (Wildman–Crippen MR) is 106 cm³/mol. The van der Waals surface area contributed by atoms with E-state index >= 15 is 0 Å². The number of rotatable bonds is 8. The standard InChI is InChI=1S/C22H24N2O4/c1-4-15(2)19-7-5-6-8-20(19)24-22(26)16(3)28-21(25)14-27-18-11-9-17(13-23)10-12-18/h5-12,15-16H,4,14H2,1-3H3,(H,24,26)/t15-,16+/m1/s1. The summed E-state index contributed by atoms with van der Waals surface area (Å²) in [5, 5.41) is 11.6. The number of benzene rings is 2. The van der Waals surface area contributed by atoms with Crippen molar-refractivity contribution in [1.29, 1.82) is 5.26 Å². The summed E-state index contributed by atoms with van der Waals surface area (Å²) < 4.78 is 10.5. The van der Waals surface area contributed by atoms with Gasteiger partial charge in [-0.1, -0.05) is 32.0 Å². The molecule has 146 valence electrons. The average molecular weight is 380 g/mol. The summed E-state index contributed by atoms with van der Waals surface area (Å²) in [5.41, 5.74) is 2.26. The van der Waals surface area contributed by atoms with E-state index in [2.05, 4.69) is 19.2 Å². The van der Waals surface area contributed by atoms with E-state index in [0.717, 1.165) is 17.7 Å². The fourth-order valence-electron chi connectivity index (χ4n) is 2.55. The van der Waals surface area contributed by atoms with Crippen molar-refractivity contribution in [2.45, 2.75) is 39.2 Å². The van der Waals surface area contributed by atoms with Gasteiger partial charge in [-0.2, -0.15) is 5.26 Å². The van der Waals surface area contributed by atoms with Crippen LogP contribution in [0.2, 0.25) is 0 Å². The Bertz CT molecular complexity index is 856. The van der Waals surface area contributed by atoms with E-state index in [-0.39, 0.29) is 6.61 Å². The quantitative estimate of drug-likeness (QED) is 0.699. The van der Waals surface area contributed by atoms with Crippen LogP contribution in [0.5, 0.6) is 5.75 Å². The molecule has 0 fully saturated rings. The smallest absolute Gasteiger partial charge is 0.344 e.